The topological polar surface area (TPSA) is 73.1 Å². The van der Waals surface area contributed by atoms with Gasteiger partial charge in [0.2, 0.25) is 0 Å². The van der Waals surface area contributed by atoms with Crippen LogP contribution in [0.4, 0.5) is 0 Å². The Morgan fingerprint density at radius 1 is 1.25 bits per heavy atom. The number of piperidine rings is 1. The Balaban J connectivity index is 1.54. The molecule has 2 aliphatic rings. The van der Waals surface area contributed by atoms with Gasteiger partial charge in [-0.1, -0.05) is 16.8 Å². The summed E-state index contributed by atoms with van der Waals surface area (Å²) in [5.41, 5.74) is 5.57. The van der Waals surface area contributed by atoms with Crippen LogP contribution in [0, 0.1) is 20.8 Å². The molecule has 1 fully saturated rings. The van der Waals surface area contributed by atoms with E-state index < -0.39 is 0 Å². The maximum absolute atomic E-state index is 13.6. The third-order valence-corrected chi connectivity index (χ3v) is 6.06. The second-order valence-electron chi connectivity index (χ2n) is 7.84. The van der Waals surface area contributed by atoms with Crippen molar-refractivity contribution in [3.05, 3.63) is 52.5 Å². The Labute approximate surface area is 163 Å². The predicted octanol–water partition coefficient (Wildman–Crippen LogP) is 2.74. The quantitative estimate of drug-likeness (QED) is 0.652. The summed E-state index contributed by atoms with van der Waals surface area (Å²) in [6, 6.07) is 6.11. The van der Waals surface area contributed by atoms with Crippen LogP contribution >= 0.6 is 0 Å². The van der Waals surface area contributed by atoms with Crippen molar-refractivity contribution < 1.29 is 9.53 Å². The van der Waals surface area contributed by atoms with Crippen molar-refractivity contribution in [2.75, 3.05) is 13.1 Å². The molecule has 7 heteroatoms. The van der Waals surface area contributed by atoms with Gasteiger partial charge < -0.3 is 9.64 Å². The van der Waals surface area contributed by atoms with Crippen molar-refractivity contribution in [3.63, 3.8) is 0 Å². The number of pyridine rings is 1. The molecule has 4 heterocycles. The molecule has 0 saturated carbocycles. The largest absolute Gasteiger partial charge is 0.370 e. The molecule has 3 aromatic rings. The minimum Gasteiger partial charge on any atom is -0.370 e. The van der Waals surface area contributed by atoms with Crippen molar-refractivity contribution in [2.24, 2.45) is 0 Å². The number of aromatic nitrogens is 4. The molecule has 5 rings (SSSR count). The Kier molecular flexibility index (Phi) is 3.94. The normalized spacial score (nSPS) is 21.5. The molecule has 144 valence electrons. The molecule has 2 unspecified atom stereocenters. The summed E-state index contributed by atoms with van der Waals surface area (Å²) >= 11 is 0. The Hall–Kier alpha value is -2.80. The van der Waals surface area contributed by atoms with E-state index in [4.69, 9.17) is 4.74 Å². The summed E-state index contributed by atoms with van der Waals surface area (Å²) in [5.74, 6) is 0.0595. The number of carbonyl (C=O) groups excluding carboxylic acids is 1. The predicted molar refractivity (Wildman–Crippen MR) is 104 cm³/mol. The number of amides is 1. The summed E-state index contributed by atoms with van der Waals surface area (Å²) < 4.78 is 7.91. The first kappa shape index (κ1) is 17.3. The molecule has 2 atom stereocenters. The molecule has 0 bridgehead atoms. The van der Waals surface area contributed by atoms with Gasteiger partial charge in [-0.25, -0.2) is 4.68 Å². The third kappa shape index (κ3) is 2.61. The molecule has 0 radical (unpaired) electrons. The fraction of sp³-hybridized carbons (Fsp3) is 0.429. The SMILES string of the molecule is Cc1ccc2nc(C)c(C)c(C(=O)N3CCC4OCc5cnnn5C4C3)c2c1. The highest BCUT2D eigenvalue weighted by Gasteiger charge is 2.38. The second-order valence-corrected chi connectivity index (χ2v) is 7.84. The van der Waals surface area contributed by atoms with E-state index in [2.05, 4.69) is 21.4 Å². The number of hydrogen-bond donors (Lipinski definition) is 0. The van der Waals surface area contributed by atoms with Crippen LogP contribution in [-0.4, -0.2) is 50.0 Å². The fourth-order valence-electron chi connectivity index (χ4n) is 4.39. The van der Waals surface area contributed by atoms with E-state index in [1.807, 2.05) is 42.5 Å². The molecule has 0 aliphatic carbocycles. The van der Waals surface area contributed by atoms with Crippen LogP contribution in [0.2, 0.25) is 0 Å². The first-order valence-electron chi connectivity index (χ1n) is 9.70. The van der Waals surface area contributed by atoms with Crippen LogP contribution in [0.3, 0.4) is 0 Å². The van der Waals surface area contributed by atoms with Gasteiger partial charge in [0.25, 0.3) is 5.91 Å². The van der Waals surface area contributed by atoms with Crippen LogP contribution < -0.4 is 0 Å². The Morgan fingerprint density at radius 3 is 2.96 bits per heavy atom. The average molecular weight is 377 g/mol. The first-order valence-corrected chi connectivity index (χ1v) is 9.70. The lowest BCUT2D eigenvalue weighted by molar-refractivity contribution is -0.0604. The number of hydrogen-bond acceptors (Lipinski definition) is 5. The lowest BCUT2D eigenvalue weighted by atomic mass is 9.96. The highest BCUT2D eigenvalue weighted by Crippen LogP contribution is 2.32. The smallest absolute Gasteiger partial charge is 0.254 e. The van der Waals surface area contributed by atoms with Crippen LogP contribution in [0.1, 0.15) is 45.3 Å². The zero-order valence-electron chi connectivity index (χ0n) is 16.3. The van der Waals surface area contributed by atoms with Gasteiger partial charge in [0, 0.05) is 24.2 Å². The standard InChI is InChI=1S/C21H23N5O2/c1-12-4-5-17-16(8-12)20(13(2)14(3)23-17)21(27)25-7-6-19-18(10-25)26-15(11-28-19)9-22-24-26/h4-5,8-9,18-19H,6-7,10-11H2,1-3H3. The number of aryl methyl sites for hydroxylation is 2. The van der Waals surface area contributed by atoms with Gasteiger partial charge in [0.05, 0.1) is 41.7 Å². The second kappa shape index (κ2) is 6.38. The molecule has 0 spiro atoms. The van der Waals surface area contributed by atoms with Gasteiger partial charge in [-0.3, -0.25) is 9.78 Å². The third-order valence-electron chi connectivity index (χ3n) is 6.06. The molecule has 2 aromatic heterocycles. The number of carbonyl (C=O) groups is 1. The first-order chi connectivity index (χ1) is 13.5. The Morgan fingerprint density at radius 2 is 2.11 bits per heavy atom. The summed E-state index contributed by atoms with van der Waals surface area (Å²) in [6.45, 7) is 7.79. The van der Waals surface area contributed by atoms with E-state index >= 15 is 0 Å². The van der Waals surface area contributed by atoms with Crippen LogP contribution in [0.15, 0.2) is 24.4 Å². The fourth-order valence-corrected chi connectivity index (χ4v) is 4.39. The summed E-state index contributed by atoms with van der Waals surface area (Å²) in [4.78, 5) is 20.2. The molecule has 1 aromatic carbocycles. The summed E-state index contributed by atoms with van der Waals surface area (Å²) in [7, 11) is 0. The maximum atomic E-state index is 13.6. The van der Waals surface area contributed by atoms with E-state index in [1.54, 1.807) is 6.20 Å². The zero-order valence-corrected chi connectivity index (χ0v) is 16.3. The zero-order chi connectivity index (χ0) is 19.4. The minimum absolute atomic E-state index is 0.0141. The van der Waals surface area contributed by atoms with E-state index in [-0.39, 0.29) is 18.1 Å². The van der Waals surface area contributed by atoms with Crippen molar-refractivity contribution in [1.82, 2.24) is 24.9 Å². The average Bonchev–Trinajstić information content (AvgIpc) is 3.18. The number of fused-ring (bicyclic) bond motifs is 4. The number of ether oxygens (including phenoxy) is 1. The number of likely N-dealkylation sites (tertiary alicyclic amines) is 1. The highest BCUT2D eigenvalue weighted by molar-refractivity contribution is 6.07. The molecule has 28 heavy (non-hydrogen) atoms. The van der Waals surface area contributed by atoms with Gasteiger partial charge in [-0.05, 0) is 44.9 Å². The monoisotopic (exact) mass is 377 g/mol. The van der Waals surface area contributed by atoms with Crippen molar-refractivity contribution in [2.45, 2.75) is 45.9 Å². The molecule has 0 N–H and O–H groups in total. The lowest BCUT2D eigenvalue weighted by Gasteiger charge is -2.41. The molecule has 2 aliphatic heterocycles. The van der Waals surface area contributed by atoms with Gasteiger partial charge in [-0.2, -0.15) is 0 Å². The van der Waals surface area contributed by atoms with Crippen LogP contribution in [-0.2, 0) is 11.3 Å². The highest BCUT2D eigenvalue weighted by atomic mass is 16.5. The molecular formula is C21H23N5O2. The van der Waals surface area contributed by atoms with E-state index in [1.165, 1.54) is 0 Å². The number of benzene rings is 1. The van der Waals surface area contributed by atoms with E-state index in [9.17, 15) is 4.79 Å². The molecule has 1 saturated heterocycles. The molecule has 7 nitrogen and oxygen atoms in total. The Bertz CT molecular complexity index is 1090. The van der Waals surface area contributed by atoms with Gasteiger partial charge in [0.15, 0.2) is 0 Å². The van der Waals surface area contributed by atoms with Crippen molar-refractivity contribution in [3.8, 4) is 0 Å². The van der Waals surface area contributed by atoms with Crippen LogP contribution in [0.5, 0.6) is 0 Å². The van der Waals surface area contributed by atoms with E-state index in [0.29, 0.717) is 19.7 Å². The van der Waals surface area contributed by atoms with Crippen LogP contribution in [0.25, 0.3) is 10.9 Å². The maximum Gasteiger partial charge on any atom is 0.254 e. The van der Waals surface area contributed by atoms with Gasteiger partial charge >= 0.3 is 0 Å². The molecule has 1 amide bonds. The summed E-state index contributed by atoms with van der Waals surface area (Å²) in [6.07, 6.45) is 2.62. The van der Waals surface area contributed by atoms with E-state index in [0.717, 1.165) is 45.4 Å². The van der Waals surface area contributed by atoms with Crippen molar-refractivity contribution >= 4 is 16.8 Å². The molecular weight excluding hydrogens is 354 g/mol. The van der Waals surface area contributed by atoms with Gasteiger partial charge in [-0.15, -0.1) is 5.10 Å². The lowest BCUT2D eigenvalue weighted by Crippen LogP contribution is -2.50. The number of rotatable bonds is 1. The van der Waals surface area contributed by atoms with Crippen molar-refractivity contribution in [1.29, 1.82) is 0 Å². The number of nitrogens with zero attached hydrogens (tertiary/aromatic N) is 5. The minimum atomic E-state index is 0.0141. The van der Waals surface area contributed by atoms with Gasteiger partial charge in [0.1, 0.15) is 0 Å². The summed E-state index contributed by atoms with van der Waals surface area (Å²) in [5, 5.41) is 9.19.